The molecule has 1 aliphatic carbocycles. The van der Waals surface area contributed by atoms with Crippen molar-refractivity contribution >= 4 is 17.2 Å². The van der Waals surface area contributed by atoms with Crippen LogP contribution in [0.15, 0.2) is 168 Å². The summed E-state index contributed by atoms with van der Waals surface area (Å²) in [5, 5.41) is 0. The van der Waals surface area contributed by atoms with Gasteiger partial charge < -0.3 is 0 Å². The third kappa shape index (κ3) is 5.36. The van der Waals surface area contributed by atoms with Crippen molar-refractivity contribution in [3.05, 3.63) is 186 Å². The second kappa shape index (κ2) is 12.0. The van der Waals surface area contributed by atoms with Crippen molar-refractivity contribution in [3.63, 3.8) is 0 Å². The molecule has 0 aromatic heterocycles. The molecule has 1 heterocycles. The molecule has 2 heteroatoms. The van der Waals surface area contributed by atoms with E-state index in [1.165, 1.54) is 44.5 Å². The minimum absolute atomic E-state index is 0.187. The zero-order valence-corrected chi connectivity index (χ0v) is 26.8. The number of allylic oxidation sites excluding steroid dienone is 1. The molecule has 0 saturated carbocycles. The Morgan fingerprint density at radius 3 is 1.66 bits per heavy atom. The van der Waals surface area contributed by atoms with Crippen LogP contribution >= 0.6 is 0 Å². The lowest BCUT2D eigenvalue weighted by atomic mass is 9.80. The SMILES string of the molecule is CC1(C)c2ccccc2-c2cccc(C3=N/C(c4cc(-c5ccccc5)cc(-c5ccccc5)c4)=C/CCC(c4ccccc4)=N3)c21. The van der Waals surface area contributed by atoms with Crippen molar-refractivity contribution in [2.45, 2.75) is 32.1 Å². The molecule has 1 aliphatic heterocycles. The van der Waals surface area contributed by atoms with Gasteiger partial charge in [-0.3, -0.25) is 0 Å². The third-order valence-electron chi connectivity index (χ3n) is 9.56. The fraction of sp³-hybridized carbons (Fsp3) is 0.111. The second-order valence-corrected chi connectivity index (χ2v) is 12.9. The summed E-state index contributed by atoms with van der Waals surface area (Å²) in [4.78, 5) is 11.0. The molecule has 2 aliphatic rings. The molecule has 0 N–H and O–H groups in total. The second-order valence-electron chi connectivity index (χ2n) is 12.9. The maximum Gasteiger partial charge on any atom is 0.160 e. The van der Waals surface area contributed by atoms with E-state index in [9.17, 15) is 0 Å². The number of fused-ring (bicyclic) bond motifs is 3. The molecule has 2 nitrogen and oxygen atoms in total. The van der Waals surface area contributed by atoms with E-state index in [1.54, 1.807) is 0 Å². The topological polar surface area (TPSA) is 24.7 Å². The molecule has 0 saturated heterocycles. The van der Waals surface area contributed by atoms with Crippen LogP contribution in [0.2, 0.25) is 0 Å². The number of rotatable bonds is 5. The fourth-order valence-electron chi connectivity index (χ4n) is 7.26. The summed E-state index contributed by atoms with van der Waals surface area (Å²) in [6, 6.07) is 54.1. The van der Waals surface area contributed by atoms with E-state index < -0.39 is 0 Å². The Hall–Kier alpha value is -5.60. The molecule has 0 unspecified atom stereocenters. The van der Waals surface area contributed by atoms with Gasteiger partial charge in [0.05, 0.1) is 11.4 Å². The maximum absolute atomic E-state index is 5.52. The number of aliphatic imine (C=N–C) groups is 2. The van der Waals surface area contributed by atoms with Crippen molar-refractivity contribution < 1.29 is 0 Å². The lowest BCUT2D eigenvalue weighted by Gasteiger charge is -2.25. The molecule has 0 amide bonds. The summed E-state index contributed by atoms with van der Waals surface area (Å²) in [7, 11) is 0. The summed E-state index contributed by atoms with van der Waals surface area (Å²) in [6.45, 7) is 4.66. The van der Waals surface area contributed by atoms with Gasteiger partial charge in [0.25, 0.3) is 0 Å². The number of benzene rings is 6. The van der Waals surface area contributed by atoms with Crippen LogP contribution in [0.1, 0.15) is 54.5 Å². The minimum atomic E-state index is -0.187. The number of hydrogen-bond acceptors (Lipinski definition) is 2. The Morgan fingerprint density at radius 1 is 0.468 bits per heavy atom. The molecular formula is C45H36N2. The summed E-state index contributed by atoms with van der Waals surface area (Å²) in [5.74, 6) is 0.763. The molecule has 8 rings (SSSR count). The van der Waals surface area contributed by atoms with E-state index in [2.05, 4.69) is 172 Å². The van der Waals surface area contributed by atoms with Gasteiger partial charge in [-0.15, -0.1) is 0 Å². The normalized spacial score (nSPS) is 16.1. The predicted molar refractivity (Wildman–Crippen MR) is 198 cm³/mol. The summed E-state index contributed by atoms with van der Waals surface area (Å²) in [6.07, 6.45) is 3.98. The van der Waals surface area contributed by atoms with Crippen LogP contribution in [-0.2, 0) is 5.41 Å². The minimum Gasteiger partial charge on any atom is -0.232 e. The first-order valence-electron chi connectivity index (χ1n) is 16.5. The van der Waals surface area contributed by atoms with Crippen LogP contribution in [0.4, 0.5) is 0 Å². The highest BCUT2D eigenvalue weighted by Gasteiger charge is 2.38. The van der Waals surface area contributed by atoms with E-state index in [0.717, 1.165) is 46.8 Å². The van der Waals surface area contributed by atoms with Gasteiger partial charge >= 0.3 is 0 Å². The van der Waals surface area contributed by atoms with Crippen LogP contribution in [-0.4, -0.2) is 11.5 Å². The highest BCUT2D eigenvalue weighted by atomic mass is 14.9. The number of amidine groups is 1. The monoisotopic (exact) mass is 604 g/mol. The zero-order valence-electron chi connectivity index (χ0n) is 26.8. The van der Waals surface area contributed by atoms with Crippen molar-refractivity contribution in [1.29, 1.82) is 0 Å². The van der Waals surface area contributed by atoms with Gasteiger partial charge in [-0.2, -0.15) is 0 Å². The molecule has 0 bridgehead atoms. The molecule has 0 radical (unpaired) electrons. The van der Waals surface area contributed by atoms with Gasteiger partial charge in [0.15, 0.2) is 5.84 Å². The van der Waals surface area contributed by atoms with Crippen LogP contribution < -0.4 is 0 Å². The zero-order chi connectivity index (χ0) is 31.8. The lowest BCUT2D eigenvalue weighted by molar-refractivity contribution is 0.659. The Labute approximate surface area is 277 Å². The first-order valence-corrected chi connectivity index (χ1v) is 16.5. The highest BCUT2D eigenvalue weighted by Crippen LogP contribution is 2.50. The van der Waals surface area contributed by atoms with E-state index in [1.807, 2.05) is 0 Å². The molecular weight excluding hydrogens is 569 g/mol. The quantitative estimate of drug-likeness (QED) is 0.187. The van der Waals surface area contributed by atoms with E-state index >= 15 is 0 Å². The van der Waals surface area contributed by atoms with E-state index in [-0.39, 0.29) is 5.41 Å². The highest BCUT2D eigenvalue weighted by molar-refractivity contribution is 6.15. The van der Waals surface area contributed by atoms with Gasteiger partial charge in [0.1, 0.15) is 0 Å². The molecule has 6 aromatic rings. The summed E-state index contributed by atoms with van der Waals surface area (Å²) in [5.41, 5.74) is 15.1. The van der Waals surface area contributed by atoms with Crippen molar-refractivity contribution in [2.24, 2.45) is 9.98 Å². The molecule has 226 valence electrons. The van der Waals surface area contributed by atoms with Crippen molar-refractivity contribution in [2.75, 3.05) is 0 Å². The van der Waals surface area contributed by atoms with Gasteiger partial charge in [-0.1, -0.05) is 153 Å². The fourth-order valence-corrected chi connectivity index (χ4v) is 7.26. The Kier molecular flexibility index (Phi) is 7.34. The lowest BCUT2D eigenvalue weighted by Crippen LogP contribution is -2.20. The average molecular weight is 605 g/mol. The third-order valence-corrected chi connectivity index (χ3v) is 9.56. The first kappa shape index (κ1) is 28.8. The molecule has 0 spiro atoms. The largest absolute Gasteiger partial charge is 0.232 e. The standard InChI is InChI=1S/C45H36N2/c1-45(2)40-25-13-12-22-37(40)38-23-14-24-39(43(38)45)44-46-41(33-20-10-5-11-21-33)26-15-27-42(47-44)36-29-34(31-16-6-3-7-17-31)28-35(30-36)32-18-8-4-9-19-32/h3-14,16-25,27-30H,15,26H2,1-2H3/b42-27+,46-41?,47-44?. The molecule has 0 fully saturated rings. The Balaban J connectivity index is 1.35. The summed E-state index contributed by atoms with van der Waals surface area (Å²) >= 11 is 0. The molecule has 47 heavy (non-hydrogen) atoms. The van der Waals surface area contributed by atoms with Gasteiger partial charge in [0.2, 0.25) is 0 Å². The molecule has 6 aromatic carbocycles. The average Bonchev–Trinajstić information content (AvgIpc) is 3.36. The maximum atomic E-state index is 5.52. The van der Waals surface area contributed by atoms with E-state index in [4.69, 9.17) is 9.98 Å². The predicted octanol–water partition coefficient (Wildman–Crippen LogP) is 11.4. The van der Waals surface area contributed by atoms with Gasteiger partial charge in [-0.05, 0) is 81.1 Å². The van der Waals surface area contributed by atoms with Crippen LogP contribution in [0.5, 0.6) is 0 Å². The Bertz CT molecular complexity index is 2130. The van der Waals surface area contributed by atoms with Crippen molar-refractivity contribution in [3.8, 4) is 33.4 Å². The number of hydrogen-bond donors (Lipinski definition) is 0. The van der Waals surface area contributed by atoms with Gasteiger partial charge in [-0.25, -0.2) is 9.98 Å². The van der Waals surface area contributed by atoms with Crippen LogP contribution in [0, 0.1) is 0 Å². The number of nitrogens with zero attached hydrogens (tertiary/aromatic N) is 2. The molecule has 0 atom stereocenters. The first-order chi connectivity index (χ1) is 23.1. The van der Waals surface area contributed by atoms with Crippen LogP contribution in [0.3, 0.4) is 0 Å². The van der Waals surface area contributed by atoms with E-state index in [0.29, 0.717) is 0 Å². The summed E-state index contributed by atoms with van der Waals surface area (Å²) < 4.78 is 0. The smallest absolute Gasteiger partial charge is 0.160 e. The van der Waals surface area contributed by atoms with Crippen molar-refractivity contribution in [1.82, 2.24) is 0 Å². The Morgan fingerprint density at radius 2 is 1.00 bits per heavy atom. The van der Waals surface area contributed by atoms with Crippen LogP contribution in [0.25, 0.3) is 39.1 Å². The van der Waals surface area contributed by atoms with Gasteiger partial charge in [0, 0.05) is 16.5 Å².